The number of benzene rings is 1. The van der Waals surface area contributed by atoms with Gasteiger partial charge in [0.1, 0.15) is 0 Å². The fraction of sp³-hybridized carbons (Fsp3) is 0.167. The number of carbonyl (C=O) groups is 1. The van der Waals surface area contributed by atoms with Gasteiger partial charge in [-0.1, -0.05) is 24.3 Å². The summed E-state index contributed by atoms with van der Waals surface area (Å²) in [5.41, 5.74) is 0. The fourth-order valence-electron chi connectivity index (χ4n) is 2.21. The van der Waals surface area contributed by atoms with Crippen LogP contribution in [-0.2, 0) is 17.9 Å². The molecule has 1 amide bonds. The van der Waals surface area contributed by atoms with Crippen molar-refractivity contribution in [1.29, 1.82) is 0 Å². The van der Waals surface area contributed by atoms with Gasteiger partial charge in [0.2, 0.25) is 0 Å². The van der Waals surface area contributed by atoms with Gasteiger partial charge in [-0.05, 0) is 35.0 Å². The van der Waals surface area contributed by atoms with Crippen LogP contribution in [0, 0.1) is 5.82 Å². The molecular weight excluding hydrogens is 345 g/mol. The van der Waals surface area contributed by atoms with Crippen molar-refractivity contribution in [2.24, 2.45) is 0 Å². The minimum atomic E-state index is -0.464. The Hall–Kier alpha value is -2.18. The van der Waals surface area contributed by atoms with E-state index in [1.807, 2.05) is 35.0 Å². The Morgan fingerprint density at radius 3 is 2.12 bits per heavy atom. The Bertz CT molecular complexity index is 736. The van der Waals surface area contributed by atoms with Crippen LogP contribution in [-0.4, -0.2) is 17.4 Å². The van der Waals surface area contributed by atoms with E-state index in [0.717, 1.165) is 9.75 Å². The van der Waals surface area contributed by atoms with E-state index in [-0.39, 0.29) is 18.3 Å². The summed E-state index contributed by atoms with van der Waals surface area (Å²) in [5, 5.41) is 3.97. The van der Waals surface area contributed by atoms with Gasteiger partial charge < -0.3 is 9.64 Å². The highest BCUT2D eigenvalue weighted by molar-refractivity contribution is 7.10. The molecule has 24 heavy (non-hydrogen) atoms. The number of halogens is 1. The number of para-hydroxylation sites is 1. The first-order chi connectivity index (χ1) is 11.7. The Morgan fingerprint density at radius 2 is 1.58 bits per heavy atom. The molecule has 0 atom stereocenters. The number of hydrogen-bond acceptors (Lipinski definition) is 4. The zero-order valence-corrected chi connectivity index (χ0v) is 14.5. The second-order valence-corrected chi connectivity index (χ2v) is 7.19. The summed E-state index contributed by atoms with van der Waals surface area (Å²) in [6, 6.07) is 14.0. The summed E-state index contributed by atoms with van der Waals surface area (Å²) >= 11 is 3.21. The first kappa shape index (κ1) is 16.7. The maximum atomic E-state index is 13.6. The van der Waals surface area contributed by atoms with Crippen molar-refractivity contribution in [2.45, 2.75) is 13.1 Å². The average molecular weight is 361 g/mol. The van der Waals surface area contributed by atoms with Gasteiger partial charge in [0, 0.05) is 9.75 Å². The first-order valence-corrected chi connectivity index (χ1v) is 9.18. The van der Waals surface area contributed by atoms with E-state index in [0.29, 0.717) is 13.1 Å². The molecule has 124 valence electrons. The molecule has 0 aliphatic carbocycles. The number of amides is 1. The lowest BCUT2D eigenvalue weighted by molar-refractivity contribution is -0.134. The molecule has 6 heteroatoms. The number of hydrogen-bond donors (Lipinski definition) is 0. The van der Waals surface area contributed by atoms with E-state index in [1.165, 1.54) is 12.1 Å². The summed E-state index contributed by atoms with van der Waals surface area (Å²) in [6.07, 6.45) is 0. The average Bonchev–Trinajstić information content (AvgIpc) is 3.27. The van der Waals surface area contributed by atoms with Gasteiger partial charge >= 0.3 is 0 Å². The molecule has 0 radical (unpaired) electrons. The van der Waals surface area contributed by atoms with Crippen LogP contribution in [0.3, 0.4) is 0 Å². The molecular formula is C18H16FNO2S2. The van der Waals surface area contributed by atoms with Gasteiger partial charge in [0.25, 0.3) is 5.91 Å². The standard InChI is InChI=1S/C18H16FNO2S2/c19-16-7-1-2-8-17(16)22-13-18(21)20(11-14-5-3-9-23-14)12-15-6-4-10-24-15/h1-10H,11-13H2. The lowest BCUT2D eigenvalue weighted by atomic mass is 10.3. The summed E-state index contributed by atoms with van der Waals surface area (Å²) in [4.78, 5) is 16.5. The monoisotopic (exact) mass is 361 g/mol. The molecule has 0 N–H and O–H groups in total. The van der Waals surface area contributed by atoms with E-state index in [9.17, 15) is 9.18 Å². The van der Waals surface area contributed by atoms with Gasteiger partial charge in [-0.25, -0.2) is 4.39 Å². The highest BCUT2D eigenvalue weighted by Crippen LogP contribution is 2.19. The molecule has 0 unspecified atom stereocenters. The normalized spacial score (nSPS) is 10.5. The molecule has 0 fully saturated rings. The van der Waals surface area contributed by atoms with Crippen LogP contribution >= 0.6 is 22.7 Å². The largest absolute Gasteiger partial charge is 0.481 e. The highest BCUT2D eigenvalue weighted by atomic mass is 32.1. The number of rotatable bonds is 7. The Morgan fingerprint density at radius 1 is 0.958 bits per heavy atom. The van der Waals surface area contributed by atoms with E-state index in [1.54, 1.807) is 39.7 Å². The van der Waals surface area contributed by atoms with Crippen LogP contribution < -0.4 is 4.74 Å². The van der Waals surface area contributed by atoms with Crippen molar-refractivity contribution in [3.05, 3.63) is 74.9 Å². The minimum Gasteiger partial charge on any atom is -0.481 e. The Balaban J connectivity index is 1.67. The van der Waals surface area contributed by atoms with Crippen molar-refractivity contribution < 1.29 is 13.9 Å². The van der Waals surface area contributed by atoms with Crippen LogP contribution in [0.25, 0.3) is 0 Å². The van der Waals surface area contributed by atoms with Crippen molar-refractivity contribution in [3.8, 4) is 5.75 Å². The number of ether oxygens (including phenoxy) is 1. The quantitative estimate of drug-likeness (QED) is 0.617. The van der Waals surface area contributed by atoms with Crippen molar-refractivity contribution in [1.82, 2.24) is 4.90 Å². The van der Waals surface area contributed by atoms with Crippen molar-refractivity contribution in [3.63, 3.8) is 0 Å². The molecule has 0 bridgehead atoms. The van der Waals surface area contributed by atoms with Crippen LogP contribution in [0.5, 0.6) is 5.75 Å². The van der Waals surface area contributed by atoms with Gasteiger partial charge in [-0.15, -0.1) is 22.7 Å². The highest BCUT2D eigenvalue weighted by Gasteiger charge is 2.17. The second-order valence-electron chi connectivity index (χ2n) is 5.13. The summed E-state index contributed by atoms with van der Waals surface area (Å²) in [5.74, 6) is -0.536. The zero-order valence-electron chi connectivity index (χ0n) is 12.9. The summed E-state index contributed by atoms with van der Waals surface area (Å²) in [7, 11) is 0. The van der Waals surface area contributed by atoms with E-state index < -0.39 is 5.82 Å². The smallest absolute Gasteiger partial charge is 0.261 e. The Labute approximate surface area is 147 Å². The van der Waals surface area contributed by atoms with Crippen molar-refractivity contribution in [2.75, 3.05) is 6.61 Å². The van der Waals surface area contributed by atoms with Crippen molar-refractivity contribution >= 4 is 28.6 Å². The molecule has 0 aliphatic heterocycles. The molecule has 0 saturated carbocycles. The minimum absolute atomic E-state index is 0.0954. The first-order valence-electron chi connectivity index (χ1n) is 7.42. The van der Waals surface area contributed by atoms with Gasteiger partial charge in [0.05, 0.1) is 13.1 Å². The van der Waals surface area contributed by atoms with E-state index in [4.69, 9.17) is 4.74 Å². The van der Waals surface area contributed by atoms with E-state index >= 15 is 0 Å². The topological polar surface area (TPSA) is 29.5 Å². The maximum Gasteiger partial charge on any atom is 0.261 e. The molecule has 3 rings (SSSR count). The fourth-order valence-corrected chi connectivity index (χ4v) is 3.65. The van der Waals surface area contributed by atoms with Gasteiger partial charge in [-0.2, -0.15) is 0 Å². The van der Waals surface area contributed by atoms with Crippen LogP contribution in [0.15, 0.2) is 59.3 Å². The molecule has 2 aromatic heterocycles. The lowest BCUT2D eigenvalue weighted by Crippen LogP contribution is -2.33. The third kappa shape index (κ3) is 4.43. The van der Waals surface area contributed by atoms with Crippen LogP contribution in [0.1, 0.15) is 9.75 Å². The third-order valence-corrected chi connectivity index (χ3v) is 5.12. The predicted molar refractivity (Wildman–Crippen MR) is 94.8 cm³/mol. The summed E-state index contributed by atoms with van der Waals surface area (Å²) in [6.45, 7) is 0.863. The SMILES string of the molecule is O=C(COc1ccccc1F)N(Cc1cccs1)Cc1cccs1. The van der Waals surface area contributed by atoms with Gasteiger partial charge in [0.15, 0.2) is 18.2 Å². The molecule has 3 aromatic rings. The predicted octanol–water partition coefficient (Wildman–Crippen LogP) is 4.56. The lowest BCUT2D eigenvalue weighted by Gasteiger charge is -2.21. The molecule has 0 aliphatic rings. The zero-order chi connectivity index (χ0) is 16.8. The number of nitrogens with zero attached hydrogens (tertiary/aromatic N) is 1. The Kier molecular flexibility index (Phi) is 5.61. The molecule has 0 saturated heterocycles. The molecule has 2 heterocycles. The molecule has 0 spiro atoms. The van der Waals surface area contributed by atoms with Gasteiger partial charge in [-0.3, -0.25) is 4.79 Å². The number of carbonyl (C=O) groups excluding carboxylic acids is 1. The van der Waals surface area contributed by atoms with E-state index in [2.05, 4.69) is 0 Å². The second kappa shape index (κ2) is 8.08. The number of thiophene rings is 2. The molecule has 1 aromatic carbocycles. The maximum absolute atomic E-state index is 13.6. The summed E-state index contributed by atoms with van der Waals surface area (Å²) < 4.78 is 19.0. The van der Waals surface area contributed by atoms with Crippen LogP contribution in [0.2, 0.25) is 0 Å². The molecule has 3 nitrogen and oxygen atoms in total. The third-order valence-electron chi connectivity index (χ3n) is 3.39. The van der Waals surface area contributed by atoms with Crippen LogP contribution in [0.4, 0.5) is 4.39 Å².